The highest BCUT2D eigenvalue weighted by molar-refractivity contribution is 5.93. The second-order valence-electron chi connectivity index (χ2n) is 8.33. The molecule has 0 saturated carbocycles. The Balaban J connectivity index is 1.62. The van der Waals surface area contributed by atoms with Gasteiger partial charge >= 0.3 is 5.97 Å². The van der Waals surface area contributed by atoms with E-state index in [1.165, 1.54) is 28.9 Å². The Morgan fingerprint density at radius 3 is 2.69 bits per heavy atom. The number of nitrogens with zero attached hydrogens (tertiary/aromatic N) is 2. The van der Waals surface area contributed by atoms with Gasteiger partial charge < -0.3 is 20.5 Å². The summed E-state index contributed by atoms with van der Waals surface area (Å²) in [7, 11) is 0. The number of hydrogen-bond acceptors (Lipinski definition) is 5. The average molecular weight is 480 g/mol. The van der Waals surface area contributed by atoms with E-state index in [9.17, 15) is 23.9 Å². The van der Waals surface area contributed by atoms with Crippen LogP contribution in [0.4, 0.5) is 4.39 Å². The zero-order valence-corrected chi connectivity index (χ0v) is 19.0. The number of aliphatic carboxylic acids is 1. The highest BCUT2D eigenvalue weighted by atomic mass is 19.1. The number of benzene rings is 2. The molecule has 1 fully saturated rings. The molecule has 1 aromatic heterocycles. The van der Waals surface area contributed by atoms with Gasteiger partial charge in [0.25, 0.3) is 5.91 Å². The molecule has 9 nitrogen and oxygen atoms in total. The predicted molar refractivity (Wildman–Crippen MR) is 124 cm³/mol. The molecule has 1 aliphatic rings. The Morgan fingerprint density at radius 1 is 1.26 bits per heavy atom. The van der Waals surface area contributed by atoms with Crippen molar-refractivity contribution in [3.05, 3.63) is 77.2 Å². The van der Waals surface area contributed by atoms with E-state index < -0.39 is 23.7 Å². The number of aryl methyl sites for hydroxylation is 1. The van der Waals surface area contributed by atoms with Gasteiger partial charge in [-0.1, -0.05) is 36.4 Å². The molecule has 1 aliphatic heterocycles. The minimum atomic E-state index is -1.07. The fourth-order valence-corrected chi connectivity index (χ4v) is 3.99. The first-order valence-electron chi connectivity index (χ1n) is 11.2. The zero-order valence-electron chi connectivity index (χ0n) is 19.0. The van der Waals surface area contributed by atoms with Crippen LogP contribution in [0, 0.1) is 12.7 Å². The number of amides is 2. The summed E-state index contributed by atoms with van der Waals surface area (Å²) in [4.78, 5) is 36.1. The maximum Gasteiger partial charge on any atom is 0.305 e. The van der Waals surface area contributed by atoms with E-state index in [0.717, 1.165) is 5.56 Å². The van der Waals surface area contributed by atoms with Gasteiger partial charge in [0.15, 0.2) is 5.69 Å². The van der Waals surface area contributed by atoms with Crippen LogP contribution < -0.4 is 15.4 Å². The van der Waals surface area contributed by atoms with Gasteiger partial charge in [0, 0.05) is 12.5 Å². The first-order chi connectivity index (χ1) is 16.8. The lowest BCUT2D eigenvalue weighted by Crippen LogP contribution is -2.31. The summed E-state index contributed by atoms with van der Waals surface area (Å²) in [6.07, 6.45) is 0.681. The number of hydrogen-bond donors (Lipinski definition) is 3. The van der Waals surface area contributed by atoms with Gasteiger partial charge in [0.2, 0.25) is 11.8 Å². The standard InChI is InChI=1S/C25H25FN4O5/c1-15-6-2-3-7-17(15)19(13-24(32)33)28-25(34)20-12-23(35-14-16-10-11-22(31)27-16)30(29-20)21-9-5-4-8-18(21)26/h2-9,12,16,19H,10-11,13-14H2,1H3,(H,27,31)(H,28,34)(H,32,33)/t16-,19+/m1/s1. The van der Waals surface area contributed by atoms with Gasteiger partial charge in [-0.05, 0) is 36.6 Å². The number of para-hydroxylation sites is 1. The number of carbonyl (C=O) groups excluding carboxylic acids is 2. The van der Waals surface area contributed by atoms with Crippen molar-refractivity contribution in [2.75, 3.05) is 6.61 Å². The molecule has 35 heavy (non-hydrogen) atoms. The first-order valence-corrected chi connectivity index (χ1v) is 11.2. The van der Waals surface area contributed by atoms with Gasteiger partial charge in [0.05, 0.1) is 18.5 Å². The van der Waals surface area contributed by atoms with Crippen LogP contribution in [0.5, 0.6) is 5.88 Å². The van der Waals surface area contributed by atoms with Crippen LogP contribution in [-0.4, -0.2) is 45.3 Å². The summed E-state index contributed by atoms with van der Waals surface area (Å²) < 4.78 is 21.5. The first kappa shape index (κ1) is 23.9. The van der Waals surface area contributed by atoms with Crippen LogP contribution in [-0.2, 0) is 9.59 Å². The Morgan fingerprint density at radius 2 is 2.00 bits per heavy atom. The Kier molecular flexibility index (Phi) is 7.09. The largest absolute Gasteiger partial charge is 0.481 e. The molecule has 0 unspecified atom stereocenters. The third kappa shape index (κ3) is 5.65. The molecule has 10 heteroatoms. The van der Waals surface area contributed by atoms with E-state index in [-0.39, 0.29) is 42.2 Å². The number of aromatic nitrogens is 2. The third-order valence-electron chi connectivity index (χ3n) is 5.76. The van der Waals surface area contributed by atoms with Crippen molar-refractivity contribution in [3.8, 4) is 11.6 Å². The topological polar surface area (TPSA) is 123 Å². The van der Waals surface area contributed by atoms with E-state index >= 15 is 0 Å². The molecule has 2 amide bonds. The summed E-state index contributed by atoms with van der Waals surface area (Å²) >= 11 is 0. The Hall–Kier alpha value is -4.21. The average Bonchev–Trinajstić information content (AvgIpc) is 3.43. The number of ether oxygens (including phenoxy) is 1. The van der Waals surface area contributed by atoms with Crippen molar-refractivity contribution in [2.45, 2.75) is 38.3 Å². The maximum absolute atomic E-state index is 14.5. The minimum Gasteiger partial charge on any atom is -0.481 e. The van der Waals surface area contributed by atoms with Gasteiger partial charge in [0.1, 0.15) is 18.1 Å². The number of halogens is 1. The van der Waals surface area contributed by atoms with Crippen LogP contribution in [0.2, 0.25) is 0 Å². The Labute approximate surface area is 200 Å². The normalized spacial score (nSPS) is 15.9. The molecule has 4 rings (SSSR count). The molecule has 3 aromatic rings. The fraction of sp³-hybridized carbons (Fsp3) is 0.280. The molecule has 2 heterocycles. The zero-order chi connectivity index (χ0) is 24.9. The lowest BCUT2D eigenvalue weighted by Gasteiger charge is -2.18. The number of rotatable bonds is 9. The monoisotopic (exact) mass is 480 g/mol. The van der Waals surface area contributed by atoms with Crippen LogP contribution in [0.25, 0.3) is 5.69 Å². The van der Waals surface area contributed by atoms with E-state index in [2.05, 4.69) is 15.7 Å². The molecular formula is C25H25FN4O5. The minimum absolute atomic E-state index is 0.0670. The number of carboxylic acid groups (broad SMARTS) is 1. The van der Waals surface area contributed by atoms with Gasteiger partial charge in [-0.15, -0.1) is 0 Å². The van der Waals surface area contributed by atoms with E-state index in [1.54, 1.807) is 18.2 Å². The SMILES string of the molecule is Cc1ccccc1[C@H](CC(=O)O)NC(=O)c1cc(OC[C@H]2CCC(=O)N2)n(-c2ccccc2F)n1. The van der Waals surface area contributed by atoms with Crippen LogP contribution in [0.1, 0.15) is 46.9 Å². The lowest BCUT2D eigenvalue weighted by atomic mass is 9.98. The van der Waals surface area contributed by atoms with Crippen molar-refractivity contribution in [2.24, 2.45) is 0 Å². The van der Waals surface area contributed by atoms with Gasteiger partial charge in [-0.2, -0.15) is 9.78 Å². The molecule has 182 valence electrons. The second-order valence-corrected chi connectivity index (χ2v) is 8.33. The van der Waals surface area contributed by atoms with Crippen molar-refractivity contribution >= 4 is 17.8 Å². The molecule has 3 N–H and O–H groups in total. The van der Waals surface area contributed by atoms with Crippen LogP contribution in [0.3, 0.4) is 0 Å². The predicted octanol–water partition coefficient (Wildman–Crippen LogP) is 2.92. The van der Waals surface area contributed by atoms with Gasteiger partial charge in [-0.3, -0.25) is 14.4 Å². The summed E-state index contributed by atoms with van der Waals surface area (Å²) in [5.74, 6) is -2.22. The van der Waals surface area contributed by atoms with Crippen LogP contribution >= 0.6 is 0 Å². The molecule has 0 aliphatic carbocycles. The highest BCUT2D eigenvalue weighted by Crippen LogP contribution is 2.25. The summed E-state index contributed by atoms with van der Waals surface area (Å²) in [6.45, 7) is 1.95. The molecule has 2 aromatic carbocycles. The summed E-state index contributed by atoms with van der Waals surface area (Å²) in [5.41, 5.74) is 1.52. The van der Waals surface area contributed by atoms with E-state index in [4.69, 9.17) is 4.74 Å². The number of nitrogens with one attached hydrogen (secondary N) is 2. The summed E-state index contributed by atoms with van der Waals surface area (Å²) in [6, 6.07) is 13.5. The molecule has 0 bridgehead atoms. The third-order valence-corrected chi connectivity index (χ3v) is 5.76. The number of carbonyl (C=O) groups is 3. The van der Waals surface area contributed by atoms with Crippen LogP contribution in [0.15, 0.2) is 54.6 Å². The number of carboxylic acids is 1. The molecule has 0 spiro atoms. The molecule has 0 radical (unpaired) electrons. The van der Waals surface area contributed by atoms with Crippen molar-refractivity contribution in [1.29, 1.82) is 0 Å². The molecule has 1 saturated heterocycles. The van der Waals surface area contributed by atoms with Gasteiger partial charge in [-0.25, -0.2) is 4.39 Å². The Bertz CT molecular complexity index is 1260. The van der Waals surface area contributed by atoms with E-state index in [0.29, 0.717) is 18.4 Å². The molecular weight excluding hydrogens is 455 g/mol. The fourth-order valence-electron chi connectivity index (χ4n) is 3.99. The van der Waals surface area contributed by atoms with Crippen molar-refractivity contribution in [1.82, 2.24) is 20.4 Å². The highest BCUT2D eigenvalue weighted by Gasteiger charge is 2.26. The second kappa shape index (κ2) is 10.4. The van der Waals surface area contributed by atoms with E-state index in [1.807, 2.05) is 19.1 Å². The summed E-state index contributed by atoms with van der Waals surface area (Å²) in [5, 5.41) is 19.2. The maximum atomic E-state index is 14.5. The quantitative estimate of drug-likeness (QED) is 0.433. The van der Waals surface area contributed by atoms with Crippen molar-refractivity contribution < 1.29 is 28.6 Å². The molecule has 2 atom stereocenters. The lowest BCUT2D eigenvalue weighted by molar-refractivity contribution is -0.137. The smallest absolute Gasteiger partial charge is 0.305 e. The van der Waals surface area contributed by atoms with Crippen molar-refractivity contribution in [3.63, 3.8) is 0 Å².